The summed E-state index contributed by atoms with van der Waals surface area (Å²) in [6, 6.07) is 1.46. The average Bonchev–Trinajstić information content (AvgIpc) is 2.30. The molecule has 2 aliphatic rings. The van der Waals surface area contributed by atoms with E-state index in [0.717, 1.165) is 12.1 Å². The van der Waals surface area contributed by atoms with E-state index in [-0.39, 0.29) is 0 Å². The third-order valence-electron chi connectivity index (χ3n) is 2.83. The summed E-state index contributed by atoms with van der Waals surface area (Å²) in [5.41, 5.74) is 0. The molecule has 2 N–H and O–H groups in total. The van der Waals surface area contributed by atoms with E-state index in [0.29, 0.717) is 12.5 Å². The molecule has 0 aromatic rings. The molecule has 0 saturated carbocycles. The van der Waals surface area contributed by atoms with Crippen LogP contribution in [0.25, 0.3) is 0 Å². The van der Waals surface area contributed by atoms with Crippen molar-refractivity contribution in [3.63, 3.8) is 0 Å². The summed E-state index contributed by atoms with van der Waals surface area (Å²) < 4.78 is 0. The molecule has 10 heavy (non-hydrogen) atoms. The van der Waals surface area contributed by atoms with Crippen LogP contribution in [0.3, 0.4) is 0 Å². The Morgan fingerprint density at radius 1 is 1.20 bits per heavy atom. The fraction of sp³-hybridized carbons (Fsp3) is 1.00. The Kier molecular flexibility index (Phi) is 1.66. The van der Waals surface area contributed by atoms with E-state index >= 15 is 0 Å². The Hall–Kier alpha value is -0.0800. The summed E-state index contributed by atoms with van der Waals surface area (Å²) in [7, 11) is 0. The summed E-state index contributed by atoms with van der Waals surface area (Å²) in [4.78, 5) is 0. The normalized spacial score (nSPS) is 45.9. The number of rotatable bonds is 1. The molecule has 3 atom stereocenters. The summed E-state index contributed by atoms with van der Waals surface area (Å²) in [6.45, 7) is 0.398. The van der Waals surface area contributed by atoms with Gasteiger partial charge in [0.2, 0.25) is 0 Å². The molecule has 2 unspecified atom stereocenters. The highest BCUT2D eigenvalue weighted by atomic mass is 16.3. The summed E-state index contributed by atoms with van der Waals surface area (Å²) in [6.07, 6.45) is 5.07. The fourth-order valence-corrected chi connectivity index (χ4v) is 2.32. The van der Waals surface area contributed by atoms with E-state index in [4.69, 9.17) is 5.11 Å². The predicted octanol–water partition coefficient (Wildman–Crippen LogP) is 0.509. The average molecular weight is 141 g/mol. The minimum atomic E-state index is 0.398. The first-order chi connectivity index (χ1) is 4.88. The van der Waals surface area contributed by atoms with Gasteiger partial charge in [-0.15, -0.1) is 0 Å². The molecule has 2 nitrogen and oxygen atoms in total. The Morgan fingerprint density at radius 3 is 2.30 bits per heavy atom. The first-order valence-corrected chi connectivity index (χ1v) is 4.25. The summed E-state index contributed by atoms with van der Waals surface area (Å²) in [5, 5.41) is 12.5. The summed E-state index contributed by atoms with van der Waals surface area (Å²) in [5.74, 6) is 0.596. The molecule has 58 valence electrons. The van der Waals surface area contributed by atoms with Crippen molar-refractivity contribution in [1.82, 2.24) is 5.32 Å². The van der Waals surface area contributed by atoms with Crippen LogP contribution in [0.1, 0.15) is 25.7 Å². The second-order valence-corrected chi connectivity index (χ2v) is 3.66. The van der Waals surface area contributed by atoms with Crippen LogP contribution in [0.5, 0.6) is 0 Å². The van der Waals surface area contributed by atoms with E-state index in [1.165, 1.54) is 25.7 Å². The molecule has 2 rings (SSSR count). The van der Waals surface area contributed by atoms with Crippen LogP contribution in [0.15, 0.2) is 0 Å². The lowest BCUT2D eigenvalue weighted by atomic mass is 9.93. The number of hydrogen-bond acceptors (Lipinski definition) is 2. The van der Waals surface area contributed by atoms with Gasteiger partial charge in [-0.3, -0.25) is 0 Å². The number of piperidine rings is 1. The van der Waals surface area contributed by atoms with Crippen LogP contribution in [0.2, 0.25) is 0 Å². The van der Waals surface area contributed by atoms with Crippen molar-refractivity contribution >= 4 is 0 Å². The van der Waals surface area contributed by atoms with Gasteiger partial charge in [0.1, 0.15) is 0 Å². The third-order valence-corrected chi connectivity index (χ3v) is 2.83. The number of hydrogen-bond donors (Lipinski definition) is 2. The molecule has 0 amide bonds. The number of nitrogens with one attached hydrogen (secondary N) is 1. The van der Waals surface area contributed by atoms with E-state index in [2.05, 4.69) is 5.32 Å². The van der Waals surface area contributed by atoms with Gasteiger partial charge in [-0.2, -0.15) is 0 Å². The molecule has 2 heteroatoms. The molecule has 0 aromatic carbocycles. The highest BCUT2D eigenvalue weighted by molar-refractivity contribution is 4.91. The Bertz CT molecular complexity index is 114. The van der Waals surface area contributed by atoms with Crippen molar-refractivity contribution in [2.45, 2.75) is 37.8 Å². The van der Waals surface area contributed by atoms with E-state index < -0.39 is 0 Å². The van der Waals surface area contributed by atoms with Gasteiger partial charge in [0.05, 0.1) is 0 Å². The predicted molar refractivity (Wildman–Crippen MR) is 39.8 cm³/mol. The van der Waals surface area contributed by atoms with Crippen molar-refractivity contribution in [3.8, 4) is 0 Å². The third kappa shape index (κ3) is 1.06. The van der Waals surface area contributed by atoms with Gasteiger partial charge in [-0.1, -0.05) is 0 Å². The molecule has 2 fully saturated rings. The Balaban J connectivity index is 1.96. The zero-order chi connectivity index (χ0) is 6.97. The zero-order valence-electron chi connectivity index (χ0n) is 6.21. The van der Waals surface area contributed by atoms with Crippen LogP contribution >= 0.6 is 0 Å². The van der Waals surface area contributed by atoms with E-state index in [9.17, 15) is 0 Å². The largest absolute Gasteiger partial charge is 0.396 e. The topological polar surface area (TPSA) is 32.3 Å². The number of aliphatic hydroxyl groups excluding tert-OH is 1. The maximum Gasteiger partial charge on any atom is 0.0460 e. The number of aliphatic hydroxyl groups is 1. The lowest BCUT2D eigenvalue weighted by Crippen LogP contribution is -2.38. The van der Waals surface area contributed by atoms with Crippen molar-refractivity contribution in [1.29, 1.82) is 0 Å². The van der Waals surface area contributed by atoms with Crippen LogP contribution in [-0.2, 0) is 0 Å². The maximum atomic E-state index is 8.93. The fourth-order valence-electron chi connectivity index (χ4n) is 2.32. The molecule has 2 saturated heterocycles. The Morgan fingerprint density at radius 2 is 1.80 bits per heavy atom. The highest BCUT2D eigenvalue weighted by Crippen LogP contribution is 2.30. The van der Waals surface area contributed by atoms with Crippen molar-refractivity contribution < 1.29 is 5.11 Å². The van der Waals surface area contributed by atoms with Gasteiger partial charge >= 0.3 is 0 Å². The quantitative estimate of drug-likeness (QED) is 0.557. The lowest BCUT2D eigenvalue weighted by molar-refractivity contribution is 0.174. The van der Waals surface area contributed by atoms with Gasteiger partial charge < -0.3 is 10.4 Å². The molecular formula is C8H15NO. The van der Waals surface area contributed by atoms with Gasteiger partial charge in [0.25, 0.3) is 0 Å². The lowest BCUT2D eigenvalue weighted by Gasteiger charge is -2.27. The van der Waals surface area contributed by atoms with Crippen LogP contribution < -0.4 is 5.32 Å². The van der Waals surface area contributed by atoms with Crippen molar-refractivity contribution in [3.05, 3.63) is 0 Å². The van der Waals surface area contributed by atoms with Crippen LogP contribution in [-0.4, -0.2) is 23.8 Å². The molecule has 0 aliphatic carbocycles. The second-order valence-electron chi connectivity index (χ2n) is 3.66. The van der Waals surface area contributed by atoms with E-state index in [1.54, 1.807) is 0 Å². The molecule has 2 aliphatic heterocycles. The van der Waals surface area contributed by atoms with Gasteiger partial charge in [-0.05, 0) is 31.6 Å². The molecule has 0 radical (unpaired) electrons. The zero-order valence-corrected chi connectivity index (χ0v) is 6.21. The highest BCUT2D eigenvalue weighted by Gasteiger charge is 2.32. The monoisotopic (exact) mass is 141 g/mol. The molecular weight excluding hydrogens is 126 g/mol. The molecule has 2 heterocycles. The second kappa shape index (κ2) is 2.51. The van der Waals surface area contributed by atoms with Crippen LogP contribution in [0, 0.1) is 5.92 Å². The van der Waals surface area contributed by atoms with Crippen LogP contribution in [0.4, 0.5) is 0 Å². The number of fused-ring (bicyclic) bond motifs is 2. The smallest absolute Gasteiger partial charge is 0.0460 e. The van der Waals surface area contributed by atoms with Crippen molar-refractivity contribution in [2.24, 2.45) is 5.92 Å². The van der Waals surface area contributed by atoms with Gasteiger partial charge in [0, 0.05) is 18.7 Å². The standard InChI is InChI=1S/C8H15NO/c10-5-6-3-7-1-2-8(4-6)9-7/h6-10H,1-5H2/t6?,7-,8?/m1/s1. The minimum Gasteiger partial charge on any atom is -0.396 e. The SMILES string of the molecule is OCC1CC2CC[C@H](C1)N2. The van der Waals surface area contributed by atoms with Crippen molar-refractivity contribution in [2.75, 3.05) is 6.61 Å². The molecule has 0 spiro atoms. The first-order valence-electron chi connectivity index (χ1n) is 4.25. The first kappa shape index (κ1) is 6.62. The Labute approximate surface area is 61.6 Å². The summed E-state index contributed by atoms with van der Waals surface area (Å²) >= 11 is 0. The van der Waals surface area contributed by atoms with E-state index in [1.807, 2.05) is 0 Å². The molecule has 0 aromatic heterocycles. The van der Waals surface area contributed by atoms with Gasteiger partial charge in [0.15, 0.2) is 0 Å². The van der Waals surface area contributed by atoms with Gasteiger partial charge in [-0.25, -0.2) is 0 Å². The molecule has 2 bridgehead atoms. The minimum absolute atomic E-state index is 0.398. The maximum absolute atomic E-state index is 8.93.